The molecule has 8 nitrogen and oxygen atoms in total. The number of aromatic nitrogens is 1. The second-order valence-corrected chi connectivity index (χ2v) is 10.6. The summed E-state index contributed by atoms with van der Waals surface area (Å²) in [5.74, 6) is -1.36. The molecule has 1 aromatic heterocycles. The predicted octanol–water partition coefficient (Wildman–Crippen LogP) is 3.79. The standard InChI is InChI=1S/C26H28N2O6S/c1-3-35(31,32)28-15-13-19(14-16-28)25(29)34-17-22-24(26(30)33-2)23(18-9-5-4-6-10-18)20-11-7-8-12-21(20)27-22/h4-12,19H,3,13-17H2,1-2H3. The molecule has 2 aromatic carbocycles. The first kappa shape index (κ1) is 24.8. The number of methoxy groups -OCH3 is 1. The second-order valence-electron chi connectivity index (χ2n) is 8.36. The predicted molar refractivity (Wildman–Crippen MR) is 132 cm³/mol. The number of benzene rings is 2. The van der Waals surface area contributed by atoms with E-state index in [1.165, 1.54) is 11.4 Å². The summed E-state index contributed by atoms with van der Waals surface area (Å²) in [5.41, 5.74) is 2.74. The van der Waals surface area contributed by atoms with Gasteiger partial charge in [0.2, 0.25) is 10.0 Å². The molecule has 0 bridgehead atoms. The van der Waals surface area contributed by atoms with Gasteiger partial charge in [-0.05, 0) is 31.4 Å². The van der Waals surface area contributed by atoms with Crippen molar-refractivity contribution in [3.05, 3.63) is 65.9 Å². The van der Waals surface area contributed by atoms with Crippen molar-refractivity contribution in [2.24, 2.45) is 5.92 Å². The number of rotatable bonds is 7. The lowest BCUT2D eigenvalue weighted by atomic mass is 9.94. The van der Waals surface area contributed by atoms with E-state index in [1.807, 2.05) is 54.6 Å². The first-order chi connectivity index (χ1) is 16.9. The number of carbonyl (C=O) groups excluding carboxylic acids is 2. The summed E-state index contributed by atoms with van der Waals surface area (Å²) < 4.78 is 36.3. The van der Waals surface area contributed by atoms with Crippen LogP contribution < -0.4 is 0 Å². The van der Waals surface area contributed by atoms with Gasteiger partial charge in [-0.3, -0.25) is 4.79 Å². The number of sulfonamides is 1. The number of carbonyl (C=O) groups is 2. The molecule has 0 atom stereocenters. The minimum Gasteiger partial charge on any atom is -0.465 e. The lowest BCUT2D eigenvalue weighted by molar-refractivity contribution is -0.151. The highest BCUT2D eigenvalue weighted by Gasteiger charge is 2.31. The molecule has 2 heterocycles. The third-order valence-corrected chi connectivity index (χ3v) is 8.20. The van der Waals surface area contributed by atoms with Crippen molar-refractivity contribution in [3.8, 4) is 11.1 Å². The zero-order valence-electron chi connectivity index (χ0n) is 19.8. The largest absolute Gasteiger partial charge is 0.465 e. The van der Waals surface area contributed by atoms with Crippen LogP contribution in [0, 0.1) is 5.92 Å². The Bertz CT molecular complexity index is 1330. The lowest BCUT2D eigenvalue weighted by Gasteiger charge is -2.29. The van der Waals surface area contributed by atoms with Crippen LogP contribution in [0.1, 0.15) is 35.8 Å². The van der Waals surface area contributed by atoms with Crippen molar-refractivity contribution in [1.82, 2.24) is 9.29 Å². The van der Waals surface area contributed by atoms with E-state index in [0.29, 0.717) is 29.6 Å². The molecule has 1 aliphatic heterocycles. The van der Waals surface area contributed by atoms with E-state index >= 15 is 0 Å². The molecule has 1 aliphatic rings. The number of fused-ring (bicyclic) bond motifs is 1. The summed E-state index contributed by atoms with van der Waals surface area (Å²) in [5, 5.41) is 0.790. The van der Waals surface area contributed by atoms with Gasteiger partial charge < -0.3 is 9.47 Å². The summed E-state index contributed by atoms with van der Waals surface area (Å²) in [6.07, 6.45) is 0.782. The average Bonchev–Trinajstić information content (AvgIpc) is 2.90. The molecule has 3 aromatic rings. The zero-order chi connectivity index (χ0) is 25.0. The Hall–Kier alpha value is -3.30. The van der Waals surface area contributed by atoms with Crippen LogP contribution in [0.4, 0.5) is 0 Å². The van der Waals surface area contributed by atoms with E-state index < -0.39 is 27.9 Å². The highest BCUT2D eigenvalue weighted by Crippen LogP contribution is 2.34. The number of para-hydroxylation sites is 1. The van der Waals surface area contributed by atoms with Crippen LogP contribution in [-0.2, 0) is 30.9 Å². The van der Waals surface area contributed by atoms with E-state index in [1.54, 1.807) is 6.92 Å². The molecule has 4 rings (SSSR count). The van der Waals surface area contributed by atoms with Gasteiger partial charge in [0.25, 0.3) is 0 Å². The van der Waals surface area contributed by atoms with Gasteiger partial charge in [0, 0.05) is 24.0 Å². The molecule has 9 heteroatoms. The van der Waals surface area contributed by atoms with Gasteiger partial charge in [-0.25, -0.2) is 22.5 Å². The Morgan fingerprint density at radius 2 is 1.69 bits per heavy atom. The zero-order valence-corrected chi connectivity index (χ0v) is 20.6. The Balaban J connectivity index is 1.62. The SMILES string of the molecule is CCS(=O)(=O)N1CCC(C(=O)OCc2nc3ccccc3c(-c3ccccc3)c2C(=O)OC)CC1. The minimum absolute atomic E-state index is 0.0375. The molecule has 0 saturated carbocycles. The van der Waals surface area contributed by atoms with E-state index in [4.69, 9.17) is 9.47 Å². The van der Waals surface area contributed by atoms with Crippen molar-refractivity contribution in [3.63, 3.8) is 0 Å². The van der Waals surface area contributed by atoms with Crippen molar-refractivity contribution in [2.75, 3.05) is 26.0 Å². The van der Waals surface area contributed by atoms with Gasteiger partial charge in [-0.2, -0.15) is 0 Å². The molecular weight excluding hydrogens is 468 g/mol. The van der Waals surface area contributed by atoms with Gasteiger partial charge >= 0.3 is 11.9 Å². The fraction of sp³-hybridized carbons (Fsp3) is 0.346. The maximum absolute atomic E-state index is 12.9. The summed E-state index contributed by atoms with van der Waals surface area (Å²) in [4.78, 5) is 30.4. The van der Waals surface area contributed by atoms with Gasteiger partial charge in [0.05, 0.1) is 35.6 Å². The molecule has 1 fully saturated rings. The van der Waals surface area contributed by atoms with Crippen LogP contribution in [0.5, 0.6) is 0 Å². The number of hydrogen-bond acceptors (Lipinski definition) is 7. The Labute approximate surface area is 204 Å². The smallest absolute Gasteiger partial charge is 0.340 e. The first-order valence-corrected chi connectivity index (χ1v) is 13.2. The fourth-order valence-electron chi connectivity index (χ4n) is 4.40. The molecule has 1 saturated heterocycles. The monoisotopic (exact) mass is 496 g/mol. The highest BCUT2D eigenvalue weighted by atomic mass is 32.2. The maximum atomic E-state index is 12.9. The molecule has 0 aliphatic carbocycles. The van der Waals surface area contributed by atoms with E-state index in [0.717, 1.165) is 10.9 Å². The number of pyridine rings is 1. The summed E-state index contributed by atoms with van der Waals surface area (Å²) in [6.45, 7) is 1.99. The molecule has 0 amide bonds. The Morgan fingerprint density at radius 3 is 2.34 bits per heavy atom. The molecule has 0 unspecified atom stereocenters. The van der Waals surface area contributed by atoms with Crippen molar-refractivity contribution in [2.45, 2.75) is 26.4 Å². The fourth-order valence-corrected chi connectivity index (χ4v) is 5.54. The molecule has 184 valence electrons. The molecular formula is C26H28N2O6S. The van der Waals surface area contributed by atoms with E-state index in [2.05, 4.69) is 4.98 Å². The van der Waals surface area contributed by atoms with Crippen LogP contribution in [0.15, 0.2) is 54.6 Å². The number of esters is 2. The highest BCUT2D eigenvalue weighted by molar-refractivity contribution is 7.89. The lowest BCUT2D eigenvalue weighted by Crippen LogP contribution is -2.41. The average molecular weight is 497 g/mol. The molecule has 0 radical (unpaired) electrons. The van der Waals surface area contributed by atoms with Crippen LogP contribution in [0.25, 0.3) is 22.0 Å². The minimum atomic E-state index is -3.28. The van der Waals surface area contributed by atoms with Crippen molar-refractivity contribution >= 4 is 32.9 Å². The molecule has 35 heavy (non-hydrogen) atoms. The summed E-state index contributed by atoms with van der Waals surface area (Å²) in [6, 6.07) is 16.9. The maximum Gasteiger partial charge on any atom is 0.340 e. The summed E-state index contributed by atoms with van der Waals surface area (Å²) >= 11 is 0. The Kier molecular flexibility index (Phi) is 7.47. The van der Waals surface area contributed by atoms with Crippen molar-refractivity contribution < 1.29 is 27.5 Å². The van der Waals surface area contributed by atoms with Crippen LogP contribution >= 0.6 is 0 Å². The molecule has 0 N–H and O–H groups in total. The van der Waals surface area contributed by atoms with Crippen molar-refractivity contribution in [1.29, 1.82) is 0 Å². The third-order valence-electron chi connectivity index (χ3n) is 6.32. The third kappa shape index (κ3) is 5.21. The van der Waals surface area contributed by atoms with Crippen LogP contribution in [0.2, 0.25) is 0 Å². The number of hydrogen-bond donors (Lipinski definition) is 0. The van der Waals surface area contributed by atoms with E-state index in [-0.39, 0.29) is 31.0 Å². The molecule has 0 spiro atoms. The van der Waals surface area contributed by atoms with Gasteiger partial charge in [0.1, 0.15) is 6.61 Å². The number of piperidine rings is 1. The second kappa shape index (κ2) is 10.5. The van der Waals surface area contributed by atoms with Crippen LogP contribution in [-0.4, -0.2) is 55.6 Å². The topological polar surface area (TPSA) is 103 Å². The van der Waals surface area contributed by atoms with Gasteiger partial charge in [-0.1, -0.05) is 48.5 Å². The van der Waals surface area contributed by atoms with Gasteiger partial charge in [0.15, 0.2) is 0 Å². The van der Waals surface area contributed by atoms with E-state index in [9.17, 15) is 18.0 Å². The Morgan fingerprint density at radius 1 is 1.03 bits per heavy atom. The van der Waals surface area contributed by atoms with Crippen LogP contribution in [0.3, 0.4) is 0 Å². The summed E-state index contributed by atoms with van der Waals surface area (Å²) in [7, 11) is -1.97. The number of ether oxygens (including phenoxy) is 2. The number of nitrogens with zero attached hydrogens (tertiary/aromatic N) is 2. The normalized spacial score (nSPS) is 15.1. The quantitative estimate of drug-likeness (QED) is 0.459. The first-order valence-electron chi connectivity index (χ1n) is 11.6. The van der Waals surface area contributed by atoms with Gasteiger partial charge in [-0.15, -0.1) is 0 Å².